The number of hydrogen-bond acceptors (Lipinski definition) is 4. The van der Waals surface area contributed by atoms with Crippen LogP contribution in [0.5, 0.6) is 0 Å². The maximum atomic E-state index is 8.24. The van der Waals surface area contributed by atoms with Crippen LogP contribution in [0.2, 0.25) is 0 Å². The van der Waals surface area contributed by atoms with E-state index in [1.54, 1.807) is 0 Å². The van der Waals surface area contributed by atoms with Gasteiger partial charge in [-0.3, -0.25) is 10.2 Å². The molecule has 0 aromatic rings. The van der Waals surface area contributed by atoms with Crippen LogP contribution in [-0.2, 0) is 4.84 Å². The summed E-state index contributed by atoms with van der Waals surface area (Å²) in [7, 11) is 0. The van der Waals surface area contributed by atoms with Gasteiger partial charge in [-0.25, -0.2) is 5.90 Å². The van der Waals surface area contributed by atoms with Crippen LogP contribution < -0.4 is 11.6 Å². The quantitative estimate of drug-likeness (QED) is 0.143. The second-order valence-corrected chi connectivity index (χ2v) is 0.944. The molecule has 1 unspecified atom stereocenters. The highest BCUT2D eigenvalue weighted by Crippen LogP contribution is 1.73. The van der Waals surface area contributed by atoms with Crippen molar-refractivity contribution >= 4 is 5.84 Å². The van der Waals surface area contributed by atoms with Crippen LogP contribution >= 0.6 is 0 Å². The molecule has 0 aromatic carbocycles. The lowest BCUT2D eigenvalue weighted by molar-refractivity contribution is -0.0528. The summed E-state index contributed by atoms with van der Waals surface area (Å²) in [6, 6.07) is 0. The van der Waals surface area contributed by atoms with Crippen LogP contribution in [0.3, 0.4) is 0 Å². The molecule has 0 radical (unpaired) electrons. The van der Waals surface area contributed by atoms with E-state index in [-0.39, 0.29) is 0 Å². The summed E-state index contributed by atoms with van der Waals surface area (Å²) in [6.07, 6.45) is -1.46. The molecular weight excluding hydrogens is 98.0 g/mol. The van der Waals surface area contributed by atoms with E-state index in [0.717, 1.165) is 0 Å². The van der Waals surface area contributed by atoms with Crippen molar-refractivity contribution in [2.24, 2.45) is 11.6 Å². The second kappa shape index (κ2) is 2.51. The third-order valence-corrected chi connectivity index (χ3v) is 0.395. The van der Waals surface area contributed by atoms with Gasteiger partial charge >= 0.3 is 0 Å². The lowest BCUT2D eigenvalue weighted by Crippen LogP contribution is -2.32. The fraction of sp³-hybridized carbons (Fsp3) is 0.500. The zero-order valence-corrected chi connectivity index (χ0v) is 3.59. The molecule has 42 valence electrons. The predicted octanol–water partition coefficient (Wildman–Crippen LogP) is -1.87. The summed E-state index contributed by atoms with van der Waals surface area (Å²) in [5.74, 6) is 3.90. The van der Waals surface area contributed by atoms with Crippen LogP contribution in [0.25, 0.3) is 0 Å². The summed E-state index contributed by atoms with van der Waals surface area (Å²) in [6.45, 7) is 0. The van der Waals surface area contributed by atoms with Gasteiger partial charge in [-0.05, 0) is 0 Å². The molecule has 0 rings (SSSR count). The number of amidine groups is 1. The third-order valence-electron chi connectivity index (χ3n) is 0.395. The van der Waals surface area contributed by atoms with E-state index in [4.69, 9.17) is 10.5 Å². The average molecular weight is 105 g/mol. The Hall–Kier alpha value is -0.650. The Morgan fingerprint density at radius 1 is 1.86 bits per heavy atom. The summed E-state index contributed by atoms with van der Waals surface area (Å²) < 4.78 is 0. The molecule has 0 aliphatic carbocycles. The molecule has 7 heavy (non-hydrogen) atoms. The van der Waals surface area contributed by atoms with Crippen LogP contribution in [0.1, 0.15) is 0 Å². The number of nitrogens with two attached hydrogens (primary N) is 2. The Labute approximate surface area is 40.3 Å². The van der Waals surface area contributed by atoms with Gasteiger partial charge in [0.15, 0.2) is 5.84 Å². The van der Waals surface area contributed by atoms with Crippen molar-refractivity contribution in [3.63, 3.8) is 0 Å². The molecule has 5 nitrogen and oxygen atoms in total. The topological polar surface area (TPSA) is 105 Å². The van der Waals surface area contributed by atoms with Crippen molar-refractivity contribution in [1.82, 2.24) is 0 Å². The summed E-state index contributed by atoms with van der Waals surface area (Å²) in [5, 5.41) is 14.7. The molecule has 0 spiro atoms. The smallest absolute Gasteiger partial charge is 0.231 e. The highest BCUT2D eigenvalue weighted by atomic mass is 16.7. The molecule has 0 fully saturated rings. The van der Waals surface area contributed by atoms with Crippen molar-refractivity contribution in [3.05, 3.63) is 0 Å². The SMILES string of the molecule is N=C(N)C(O)ON. The van der Waals surface area contributed by atoms with Crippen molar-refractivity contribution in [1.29, 1.82) is 5.41 Å². The normalized spacial score (nSPS) is 13.4. The largest absolute Gasteiger partial charge is 0.383 e. The van der Waals surface area contributed by atoms with Gasteiger partial charge < -0.3 is 10.8 Å². The second-order valence-electron chi connectivity index (χ2n) is 0.944. The van der Waals surface area contributed by atoms with Gasteiger partial charge in [-0.2, -0.15) is 0 Å². The first-order valence-electron chi connectivity index (χ1n) is 1.56. The molecule has 0 amide bonds. The van der Waals surface area contributed by atoms with Gasteiger partial charge in [-0.15, -0.1) is 0 Å². The summed E-state index contributed by atoms with van der Waals surface area (Å²) >= 11 is 0. The minimum absolute atomic E-state index is 0.498. The molecule has 5 heteroatoms. The first kappa shape index (κ1) is 6.35. The molecule has 0 saturated heterocycles. The number of hydrogen-bond donors (Lipinski definition) is 4. The molecule has 0 aliphatic rings. The molecule has 6 N–H and O–H groups in total. The van der Waals surface area contributed by atoms with Gasteiger partial charge in [0.2, 0.25) is 6.29 Å². The molecule has 0 aromatic heterocycles. The molecule has 1 atom stereocenters. The first-order valence-corrected chi connectivity index (χ1v) is 1.56. The summed E-state index contributed by atoms with van der Waals surface area (Å²) in [4.78, 5) is 3.72. The molecule has 0 aliphatic heterocycles. The number of aliphatic hydroxyl groups excluding tert-OH is 1. The number of aliphatic hydroxyl groups is 1. The van der Waals surface area contributed by atoms with Crippen LogP contribution in [0.15, 0.2) is 0 Å². The van der Waals surface area contributed by atoms with Crippen LogP contribution in [0, 0.1) is 5.41 Å². The average Bonchev–Trinajstić information content (AvgIpc) is 1.65. The van der Waals surface area contributed by atoms with E-state index < -0.39 is 12.1 Å². The fourth-order valence-corrected chi connectivity index (χ4v) is 0.0733. The number of rotatable bonds is 2. The maximum absolute atomic E-state index is 8.24. The van der Waals surface area contributed by atoms with Crippen LogP contribution in [-0.4, -0.2) is 17.2 Å². The highest BCUT2D eigenvalue weighted by Gasteiger charge is 2.02. The van der Waals surface area contributed by atoms with E-state index >= 15 is 0 Å². The van der Waals surface area contributed by atoms with Crippen molar-refractivity contribution < 1.29 is 9.94 Å². The van der Waals surface area contributed by atoms with E-state index in [0.29, 0.717) is 0 Å². The Balaban J connectivity index is 3.34. The molecular formula is C2H7N3O2. The minimum atomic E-state index is -1.46. The Morgan fingerprint density at radius 3 is 2.29 bits per heavy atom. The zero-order chi connectivity index (χ0) is 5.86. The predicted molar refractivity (Wildman–Crippen MR) is 23.2 cm³/mol. The van der Waals surface area contributed by atoms with E-state index in [1.807, 2.05) is 0 Å². The lowest BCUT2D eigenvalue weighted by atomic mass is 10.6. The molecule has 0 saturated carbocycles. The maximum Gasteiger partial charge on any atom is 0.231 e. The fourth-order valence-electron chi connectivity index (χ4n) is 0.0733. The first-order chi connectivity index (χ1) is 3.18. The molecule has 0 bridgehead atoms. The van der Waals surface area contributed by atoms with Gasteiger partial charge in [-0.1, -0.05) is 0 Å². The van der Waals surface area contributed by atoms with Gasteiger partial charge in [0.05, 0.1) is 0 Å². The summed E-state index contributed by atoms with van der Waals surface area (Å²) in [5.41, 5.74) is 4.67. The zero-order valence-electron chi connectivity index (χ0n) is 3.59. The Kier molecular flexibility index (Phi) is 2.28. The van der Waals surface area contributed by atoms with Gasteiger partial charge in [0, 0.05) is 0 Å². The van der Waals surface area contributed by atoms with E-state index in [9.17, 15) is 0 Å². The third kappa shape index (κ3) is 2.10. The van der Waals surface area contributed by atoms with E-state index in [1.165, 1.54) is 0 Å². The van der Waals surface area contributed by atoms with E-state index in [2.05, 4.69) is 16.5 Å². The standard InChI is InChI=1S/C2H7N3O2/c3-1(4)2(6)7-5/h2,6H,5H2,(H3,3,4). The Bertz CT molecular complexity index is 73.3. The Morgan fingerprint density at radius 2 is 2.29 bits per heavy atom. The van der Waals surface area contributed by atoms with Gasteiger partial charge in [0.1, 0.15) is 0 Å². The van der Waals surface area contributed by atoms with Gasteiger partial charge in [0.25, 0.3) is 0 Å². The van der Waals surface area contributed by atoms with Crippen LogP contribution in [0.4, 0.5) is 0 Å². The van der Waals surface area contributed by atoms with Crippen molar-refractivity contribution in [2.75, 3.05) is 0 Å². The minimum Gasteiger partial charge on any atom is -0.383 e. The number of nitrogens with one attached hydrogen (secondary N) is 1. The monoisotopic (exact) mass is 105 g/mol. The highest BCUT2D eigenvalue weighted by molar-refractivity contribution is 5.79. The van der Waals surface area contributed by atoms with Crippen molar-refractivity contribution in [3.8, 4) is 0 Å². The van der Waals surface area contributed by atoms with Crippen molar-refractivity contribution in [2.45, 2.75) is 6.29 Å². The lowest BCUT2D eigenvalue weighted by Gasteiger charge is -2.01. The molecule has 0 heterocycles.